The molecule has 0 radical (unpaired) electrons. The van der Waals surface area contributed by atoms with Crippen LogP contribution in [0.4, 0.5) is 5.82 Å². The van der Waals surface area contributed by atoms with Crippen molar-refractivity contribution in [3.8, 4) is 29.6 Å². The standard InChI is InChI=1S/C16H9N7O/c1-24-10-4-2-9(3-5-10)23-15(20)11(6-17)14-16(23)22-13(8-19)12(7-18)21-14/h2-5H,20H2,1H3. The molecule has 0 saturated heterocycles. The third-order valence-corrected chi connectivity index (χ3v) is 3.48. The molecule has 8 heteroatoms. The first-order chi connectivity index (χ1) is 11.6. The average Bonchev–Trinajstić information content (AvgIpc) is 2.90. The molecule has 0 aliphatic rings. The van der Waals surface area contributed by atoms with Crippen molar-refractivity contribution in [2.75, 3.05) is 12.8 Å². The van der Waals surface area contributed by atoms with Gasteiger partial charge in [-0.2, -0.15) is 15.8 Å². The van der Waals surface area contributed by atoms with Crippen molar-refractivity contribution < 1.29 is 4.74 Å². The maximum atomic E-state index is 9.37. The molecule has 24 heavy (non-hydrogen) atoms. The first-order valence-corrected chi connectivity index (χ1v) is 6.71. The Bertz CT molecular complexity index is 1080. The summed E-state index contributed by atoms with van der Waals surface area (Å²) in [6, 6.07) is 12.5. The molecule has 0 spiro atoms. The van der Waals surface area contributed by atoms with E-state index in [1.807, 2.05) is 12.1 Å². The molecule has 2 N–H and O–H groups in total. The Morgan fingerprint density at radius 1 is 1.00 bits per heavy atom. The highest BCUT2D eigenvalue weighted by Gasteiger charge is 2.21. The Balaban J connectivity index is 2.39. The second-order valence-corrected chi connectivity index (χ2v) is 4.72. The highest BCUT2D eigenvalue weighted by Crippen LogP contribution is 2.30. The van der Waals surface area contributed by atoms with Gasteiger partial charge in [0.25, 0.3) is 0 Å². The van der Waals surface area contributed by atoms with Gasteiger partial charge < -0.3 is 10.5 Å². The normalized spacial score (nSPS) is 9.92. The molecule has 0 amide bonds. The SMILES string of the molecule is COc1ccc(-n2c(N)c(C#N)c3nc(C#N)c(C#N)nc32)cc1. The van der Waals surface area contributed by atoms with E-state index in [0.29, 0.717) is 11.4 Å². The molecule has 0 saturated carbocycles. The minimum Gasteiger partial charge on any atom is -0.497 e. The van der Waals surface area contributed by atoms with Crippen molar-refractivity contribution in [2.24, 2.45) is 0 Å². The van der Waals surface area contributed by atoms with E-state index >= 15 is 0 Å². The van der Waals surface area contributed by atoms with Crippen molar-refractivity contribution in [3.05, 3.63) is 41.2 Å². The van der Waals surface area contributed by atoms with Crippen LogP contribution in [0.15, 0.2) is 24.3 Å². The van der Waals surface area contributed by atoms with Crippen molar-refractivity contribution in [2.45, 2.75) is 0 Å². The second-order valence-electron chi connectivity index (χ2n) is 4.72. The number of rotatable bonds is 2. The third kappa shape index (κ3) is 2.06. The monoisotopic (exact) mass is 315 g/mol. The van der Waals surface area contributed by atoms with Gasteiger partial charge in [0.1, 0.15) is 40.9 Å². The quantitative estimate of drug-likeness (QED) is 0.758. The van der Waals surface area contributed by atoms with E-state index in [9.17, 15) is 5.26 Å². The van der Waals surface area contributed by atoms with E-state index in [4.69, 9.17) is 21.0 Å². The zero-order valence-corrected chi connectivity index (χ0v) is 12.5. The van der Waals surface area contributed by atoms with Crippen molar-refractivity contribution >= 4 is 17.0 Å². The number of nitrogens with two attached hydrogens (primary N) is 1. The summed E-state index contributed by atoms with van der Waals surface area (Å²) in [5, 5.41) is 27.6. The van der Waals surface area contributed by atoms with Crippen LogP contribution in [0.25, 0.3) is 16.9 Å². The second kappa shape index (κ2) is 5.60. The van der Waals surface area contributed by atoms with Gasteiger partial charge in [0.05, 0.1) is 7.11 Å². The number of nitrogens with zero attached hydrogens (tertiary/aromatic N) is 6. The zero-order chi connectivity index (χ0) is 17.3. The molecule has 0 fully saturated rings. The number of ether oxygens (including phenoxy) is 1. The molecular weight excluding hydrogens is 306 g/mol. The minimum atomic E-state index is -0.145. The van der Waals surface area contributed by atoms with Crippen LogP contribution in [-0.4, -0.2) is 21.6 Å². The Hall–Kier alpha value is -4.09. The van der Waals surface area contributed by atoms with Crippen molar-refractivity contribution in [1.29, 1.82) is 15.8 Å². The maximum absolute atomic E-state index is 9.37. The number of nitrogen functional groups attached to an aromatic ring is 1. The van der Waals surface area contributed by atoms with Crippen molar-refractivity contribution in [3.63, 3.8) is 0 Å². The van der Waals surface area contributed by atoms with Crippen LogP contribution in [-0.2, 0) is 0 Å². The molecule has 3 rings (SSSR count). The Kier molecular flexibility index (Phi) is 3.46. The summed E-state index contributed by atoms with van der Waals surface area (Å²) < 4.78 is 6.63. The van der Waals surface area contributed by atoms with Gasteiger partial charge in [0, 0.05) is 5.69 Å². The lowest BCUT2D eigenvalue weighted by atomic mass is 10.3. The number of anilines is 1. The van der Waals surface area contributed by atoms with E-state index in [2.05, 4.69) is 9.97 Å². The highest BCUT2D eigenvalue weighted by atomic mass is 16.5. The summed E-state index contributed by atoms with van der Waals surface area (Å²) in [5.41, 5.74) is 6.96. The van der Waals surface area contributed by atoms with Gasteiger partial charge in [0.15, 0.2) is 17.0 Å². The summed E-state index contributed by atoms with van der Waals surface area (Å²) in [6.45, 7) is 0. The summed E-state index contributed by atoms with van der Waals surface area (Å²) in [4.78, 5) is 8.25. The molecule has 0 unspecified atom stereocenters. The third-order valence-electron chi connectivity index (χ3n) is 3.48. The van der Waals surface area contributed by atoms with Gasteiger partial charge in [0.2, 0.25) is 0 Å². The fourth-order valence-corrected chi connectivity index (χ4v) is 2.36. The number of nitriles is 3. The van der Waals surface area contributed by atoms with Crippen LogP contribution < -0.4 is 10.5 Å². The lowest BCUT2D eigenvalue weighted by molar-refractivity contribution is 0.415. The molecular formula is C16H9N7O. The van der Waals surface area contributed by atoms with E-state index in [-0.39, 0.29) is 33.9 Å². The lowest BCUT2D eigenvalue weighted by Crippen LogP contribution is -2.03. The predicted molar refractivity (Wildman–Crippen MR) is 84.0 cm³/mol. The van der Waals surface area contributed by atoms with Crippen LogP contribution in [0.1, 0.15) is 17.0 Å². The van der Waals surface area contributed by atoms with Crippen LogP contribution in [0.2, 0.25) is 0 Å². The topological polar surface area (TPSA) is 137 Å². The van der Waals surface area contributed by atoms with E-state index < -0.39 is 0 Å². The lowest BCUT2D eigenvalue weighted by Gasteiger charge is -2.08. The molecule has 0 bridgehead atoms. The number of hydrogen-bond acceptors (Lipinski definition) is 7. The first-order valence-electron chi connectivity index (χ1n) is 6.71. The molecule has 0 aliphatic carbocycles. The molecule has 2 heterocycles. The summed E-state index contributed by atoms with van der Waals surface area (Å²) >= 11 is 0. The number of methoxy groups -OCH3 is 1. The predicted octanol–water partition coefficient (Wildman–Crippen LogP) is 1.63. The van der Waals surface area contributed by atoms with Gasteiger partial charge in [-0.25, -0.2) is 9.97 Å². The van der Waals surface area contributed by atoms with Crippen LogP contribution in [0, 0.1) is 34.0 Å². The smallest absolute Gasteiger partial charge is 0.179 e. The van der Waals surface area contributed by atoms with Gasteiger partial charge >= 0.3 is 0 Å². The van der Waals surface area contributed by atoms with Gasteiger partial charge in [-0.05, 0) is 24.3 Å². The summed E-state index contributed by atoms with van der Waals surface area (Å²) in [7, 11) is 1.55. The van der Waals surface area contributed by atoms with Gasteiger partial charge in [-0.15, -0.1) is 0 Å². The molecule has 0 aliphatic heterocycles. The van der Waals surface area contributed by atoms with E-state index in [1.54, 1.807) is 37.4 Å². The Morgan fingerprint density at radius 2 is 1.62 bits per heavy atom. The Morgan fingerprint density at radius 3 is 2.17 bits per heavy atom. The number of hydrogen-bond donors (Lipinski definition) is 1. The highest BCUT2D eigenvalue weighted by molar-refractivity contribution is 5.89. The summed E-state index contributed by atoms with van der Waals surface area (Å²) in [5.74, 6) is 0.793. The van der Waals surface area contributed by atoms with Gasteiger partial charge in [-0.1, -0.05) is 0 Å². The van der Waals surface area contributed by atoms with Gasteiger partial charge in [-0.3, -0.25) is 4.57 Å². The minimum absolute atomic E-state index is 0.106. The number of aromatic nitrogens is 3. The maximum Gasteiger partial charge on any atom is 0.179 e. The molecule has 114 valence electrons. The molecule has 1 aromatic carbocycles. The van der Waals surface area contributed by atoms with E-state index in [1.165, 1.54) is 4.57 Å². The number of benzene rings is 1. The van der Waals surface area contributed by atoms with E-state index in [0.717, 1.165) is 0 Å². The first kappa shape index (κ1) is 14.8. The molecule has 8 nitrogen and oxygen atoms in total. The van der Waals surface area contributed by atoms with Crippen LogP contribution >= 0.6 is 0 Å². The fraction of sp³-hybridized carbons (Fsp3) is 0.0625. The largest absolute Gasteiger partial charge is 0.497 e. The van der Waals surface area contributed by atoms with Crippen molar-refractivity contribution in [1.82, 2.24) is 14.5 Å². The number of fused-ring (bicyclic) bond motifs is 1. The fourth-order valence-electron chi connectivity index (χ4n) is 2.36. The zero-order valence-electron chi connectivity index (χ0n) is 12.5. The average molecular weight is 315 g/mol. The Labute approximate surface area is 136 Å². The molecule has 3 aromatic rings. The molecule has 0 atom stereocenters. The van der Waals surface area contributed by atoms with Crippen LogP contribution in [0.3, 0.4) is 0 Å². The van der Waals surface area contributed by atoms with Crippen LogP contribution in [0.5, 0.6) is 5.75 Å². The molecule has 2 aromatic heterocycles. The summed E-state index contributed by atoms with van der Waals surface area (Å²) in [6.07, 6.45) is 0.